The van der Waals surface area contributed by atoms with Gasteiger partial charge in [0, 0.05) is 30.6 Å². The van der Waals surface area contributed by atoms with Crippen molar-refractivity contribution in [2.75, 3.05) is 38.7 Å². The summed E-state index contributed by atoms with van der Waals surface area (Å²) in [6.07, 6.45) is 1.95. The Labute approximate surface area is 193 Å². The number of hydrogen-bond acceptors (Lipinski definition) is 6. The first-order valence-electron chi connectivity index (χ1n) is 11.0. The molecule has 1 aromatic carbocycles. The first-order valence-corrected chi connectivity index (χ1v) is 11.3. The van der Waals surface area contributed by atoms with E-state index in [0.29, 0.717) is 55.6 Å². The predicted octanol–water partition coefficient (Wildman–Crippen LogP) is 3.34. The molecule has 0 spiro atoms. The third kappa shape index (κ3) is 5.53. The van der Waals surface area contributed by atoms with Crippen molar-refractivity contribution in [2.45, 2.75) is 52.1 Å². The molecule has 32 heavy (non-hydrogen) atoms. The van der Waals surface area contributed by atoms with Crippen LogP contribution in [-0.4, -0.2) is 62.2 Å². The number of aryl methyl sites for hydroxylation is 1. The van der Waals surface area contributed by atoms with Gasteiger partial charge >= 0.3 is 5.97 Å². The van der Waals surface area contributed by atoms with E-state index >= 15 is 0 Å². The minimum atomic E-state index is -1.03. The normalized spacial score (nSPS) is 18.7. The van der Waals surface area contributed by atoms with Crippen LogP contribution < -0.4 is 10.1 Å². The molecule has 8 nitrogen and oxygen atoms in total. The lowest BCUT2D eigenvalue weighted by Gasteiger charge is -2.32. The van der Waals surface area contributed by atoms with E-state index in [4.69, 9.17) is 25.8 Å². The zero-order chi connectivity index (χ0) is 23.3. The first-order chi connectivity index (χ1) is 15.3. The molecule has 0 bridgehead atoms. The van der Waals surface area contributed by atoms with Crippen molar-refractivity contribution in [1.29, 1.82) is 0 Å². The van der Waals surface area contributed by atoms with Crippen LogP contribution in [0.5, 0.6) is 5.75 Å². The number of carbonyl (C=O) groups excluding carboxylic acids is 3. The maximum absolute atomic E-state index is 13.1. The van der Waals surface area contributed by atoms with Gasteiger partial charge in [-0.25, -0.2) is 0 Å². The molecule has 0 radical (unpaired) electrons. The average Bonchev–Trinajstić information content (AvgIpc) is 3.26. The second-order valence-corrected chi connectivity index (χ2v) is 8.90. The lowest BCUT2D eigenvalue weighted by Crippen LogP contribution is -2.45. The van der Waals surface area contributed by atoms with Crippen molar-refractivity contribution in [2.24, 2.45) is 5.41 Å². The van der Waals surface area contributed by atoms with Crippen LogP contribution in [0.15, 0.2) is 12.1 Å². The number of carbonyl (C=O) groups is 3. The van der Waals surface area contributed by atoms with Crippen molar-refractivity contribution in [3.8, 4) is 5.75 Å². The molecule has 2 aliphatic rings. The Morgan fingerprint density at radius 3 is 2.50 bits per heavy atom. The number of halogens is 1. The third-order valence-electron chi connectivity index (χ3n) is 6.24. The van der Waals surface area contributed by atoms with Crippen LogP contribution >= 0.6 is 11.6 Å². The highest BCUT2D eigenvalue weighted by Crippen LogP contribution is 2.43. The summed E-state index contributed by atoms with van der Waals surface area (Å²) < 4.78 is 16.2. The maximum Gasteiger partial charge on any atom is 0.313 e. The molecule has 1 atom stereocenters. The Hall–Kier alpha value is -2.32. The SMILES string of the molecule is COc1cc(Cl)c(C)cc1NC(=O)[C@H](C)OC(=O)C1(CC(=O)N2CCOCC2)CCCC1. The molecule has 9 heteroatoms. The Bertz CT molecular complexity index is 862. The number of nitrogens with one attached hydrogen (secondary N) is 1. The van der Waals surface area contributed by atoms with Gasteiger partial charge in [0.05, 0.1) is 31.4 Å². The smallest absolute Gasteiger partial charge is 0.313 e. The predicted molar refractivity (Wildman–Crippen MR) is 120 cm³/mol. The maximum atomic E-state index is 13.1. The van der Waals surface area contributed by atoms with Crippen LogP contribution in [0.4, 0.5) is 5.69 Å². The zero-order valence-electron chi connectivity index (χ0n) is 18.9. The van der Waals surface area contributed by atoms with Gasteiger partial charge in [0.2, 0.25) is 5.91 Å². The molecular formula is C23H31ClN2O6. The van der Waals surface area contributed by atoms with Gasteiger partial charge in [-0.1, -0.05) is 24.4 Å². The fourth-order valence-electron chi connectivity index (χ4n) is 4.22. The number of anilines is 1. The number of amides is 2. The van der Waals surface area contributed by atoms with Crippen molar-refractivity contribution in [3.05, 3.63) is 22.7 Å². The van der Waals surface area contributed by atoms with Crippen LogP contribution in [0, 0.1) is 12.3 Å². The number of rotatable bonds is 7. The fraction of sp³-hybridized carbons (Fsp3) is 0.609. The van der Waals surface area contributed by atoms with Crippen LogP contribution in [0.25, 0.3) is 0 Å². The van der Waals surface area contributed by atoms with Gasteiger partial charge in [0.1, 0.15) is 5.75 Å². The second-order valence-electron chi connectivity index (χ2n) is 8.50. The number of hydrogen-bond donors (Lipinski definition) is 1. The number of ether oxygens (including phenoxy) is 3. The molecule has 0 unspecified atom stereocenters. The fourth-order valence-corrected chi connectivity index (χ4v) is 4.38. The van der Waals surface area contributed by atoms with Gasteiger partial charge in [-0.3, -0.25) is 14.4 Å². The highest BCUT2D eigenvalue weighted by atomic mass is 35.5. The number of esters is 1. The van der Waals surface area contributed by atoms with E-state index in [1.54, 1.807) is 17.0 Å². The molecule has 2 fully saturated rings. The van der Waals surface area contributed by atoms with E-state index in [-0.39, 0.29) is 12.3 Å². The van der Waals surface area contributed by atoms with Gasteiger partial charge in [-0.15, -0.1) is 0 Å². The summed E-state index contributed by atoms with van der Waals surface area (Å²) in [4.78, 5) is 40.4. The van der Waals surface area contributed by atoms with E-state index in [1.807, 2.05) is 6.92 Å². The van der Waals surface area contributed by atoms with Crippen molar-refractivity contribution < 1.29 is 28.6 Å². The van der Waals surface area contributed by atoms with E-state index < -0.39 is 23.4 Å². The molecule has 1 saturated carbocycles. The number of methoxy groups -OCH3 is 1. The highest BCUT2D eigenvalue weighted by molar-refractivity contribution is 6.31. The standard InChI is InChI=1S/C23H31ClN2O6/c1-15-12-18(19(30-3)13-17(15)24)25-21(28)16(2)32-22(29)23(6-4-5-7-23)14-20(27)26-8-10-31-11-9-26/h12-13,16H,4-11,14H2,1-3H3,(H,25,28)/t16-/m0/s1. The number of benzene rings is 1. The minimum Gasteiger partial charge on any atom is -0.495 e. The summed E-state index contributed by atoms with van der Waals surface area (Å²) in [6, 6.07) is 3.32. The summed E-state index contributed by atoms with van der Waals surface area (Å²) in [5.74, 6) is -0.619. The van der Waals surface area contributed by atoms with Crippen molar-refractivity contribution in [3.63, 3.8) is 0 Å². The molecule has 0 aromatic heterocycles. The molecular weight excluding hydrogens is 436 g/mol. The van der Waals surface area contributed by atoms with Crippen molar-refractivity contribution in [1.82, 2.24) is 4.90 Å². The van der Waals surface area contributed by atoms with E-state index in [1.165, 1.54) is 14.0 Å². The molecule has 1 saturated heterocycles. The third-order valence-corrected chi connectivity index (χ3v) is 6.65. The molecule has 1 aliphatic heterocycles. The van der Waals surface area contributed by atoms with Crippen LogP contribution in [-0.2, 0) is 23.9 Å². The molecule has 2 amide bonds. The topological polar surface area (TPSA) is 94.2 Å². The van der Waals surface area contributed by atoms with Crippen LogP contribution in [0.1, 0.15) is 44.6 Å². The summed E-state index contributed by atoms with van der Waals surface area (Å²) >= 11 is 6.12. The highest BCUT2D eigenvalue weighted by Gasteiger charge is 2.46. The Morgan fingerprint density at radius 2 is 1.88 bits per heavy atom. The van der Waals surface area contributed by atoms with Gasteiger partial charge in [0.25, 0.3) is 5.91 Å². The lowest BCUT2D eigenvalue weighted by molar-refractivity contribution is -0.166. The van der Waals surface area contributed by atoms with Gasteiger partial charge < -0.3 is 24.4 Å². The summed E-state index contributed by atoms with van der Waals surface area (Å²) in [5.41, 5.74) is 0.345. The zero-order valence-corrected chi connectivity index (χ0v) is 19.6. The first kappa shape index (κ1) is 24.3. The number of nitrogens with zero attached hydrogens (tertiary/aromatic N) is 1. The summed E-state index contributed by atoms with van der Waals surface area (Å²) in [5, 5.41) is 3.26. The molecule has 1 heterocycles. The Kier molecular flexibility index (Phi) is 8.00. The van der Waals surface area contributed by atoms with Crippen molar-refractivity contribution >= 4 is 35.1 Å². The molecule has 1 N–H and O–H groups in total. The average molecular weight is 467 g/mol. The minimum absolute atomic E-state index is 0.0642. The second kappa shape index (κ2) is 10.5. The summed E-state index contributed by atoms with van der Waals surface area (Å²) in [7, 11) is 1.48. The molecule has 1 aliphatic carbocycles. The largest absolute Gasteiger partial charge is 0.495 e. The quantitative estimate of drug-likeness (QED) is 0.619. The van der Waals surface area contributed by atoms with E-state index in [0.717, 1.165) is 18.4 Å². The van der Waals surface area contributed by atoms with E-state index in [9.17, 15) is 14.4 Å². The number of morpholine rings is 1. The molecule has 1 aromatic rings. The Morgan fingerprint density at radius 1 is 1.22 bits per heavy atom. The van der Waals surface area contributed by atoms with Gasteiger partial charge in [0.15, 0.2) is 6.10 Å². The van der Waals surface area contributed by atoms with E-state index in [2.05, 4.69) is 5.32 Å². The van der Waals surface area contributed by atoms with Crippen LogP contribution in [0.3, 0.4) is 0 Å². The van der Waals surface area contributed by atoms with Crippen LogP contribution in [0.2, 0.25) is 5.02 Å². The monoisotopic (exact) mass is 466 g/mol. The van der Waals surface area contributed by atoms with Gasteiger partial charge in [-0.2, -0.15) is 0 Å². The Balaban J connectivity index is 1.65. The van der Waals surface area contributed by atoms with Gasteiger partial charge in [-0.05, 0) is 38.3 Å². The molecule has 3 rings (SSSR count). The lowest BCUT2D eigenvalue weighted by atomic mass is 9.82. The molecule has 176 valence electrons. The summed E-state index contributed by atoms with van der Waals surface area (Å²) in [6.45, 7) is 5.42.